The summed E-state index contributed by atoms with van der Waals surface area (Å²) in [6, 6.07) is 8.65. The van der Waals surface area contributed by atoms with Gasteiger partial charge in [-0.1, -0.05) is 38.0 Å². The second-order valence-electron chi connectivity index (χ2n) is 6.00. The van der Waals surface area contributed by atoms with Crippen molar-refractivity contribution in [3.05, 3.63) is 29.8 Å². The lowest BCUT2D eigenvalue weighted by molar-refractivity contribution is -0.134. The number of benzene rings is 1. The molecule has 0 saturated carbocycles. The number of para-hydroxylation sites is 1. The Morgan fingerprint density at radius 2 is 2.15 bits per heavy atom. The molecule has 2 atom stereocenters. The monoisotopic (exact) mass is 272 g/mol. The molecule has 1 fully saturated rings. The quantitative estimate of drug-likeness (QED) is 0.896. The van der Waals surface area contributed by atoms with Crippen LogP contribution in [0.25, 0.3) is 0 Å². The molecule has 0 aliphatic carbocycles. The third kappa shape index (κ3) is 2.54. The summed E-state index contributed by atoms with van der Waals surface area (Å²) in [7, 11) is 0. The summed E-state index contributed by atoms with van der Waals surface area (Å²) in [5.74, 6) is 0.301. The van der Waals surface area contributed by atoms with E-state index < -0.39 is 0 Å². The number of amides is 1. The molecular weight excluding hydrogens is 248 g/mol. The SMILES string of the molecule is CCC1CCCCCN1C(=O)[C@@H]1Cc2ccccc2N1. The maximum Gasteiger partial charge on any atom is 0.245 e. The molecule has 0 radical (unpaired) electrons. The van der Waals surface area contributed by atoms with E-state index in [0.717, 1.165) is 31.5 Å². The summed E-state index contributed by atoms with van der Waals surface area (Å²) in [5.41, 5.74) is 2.41. The van der Waals surface area contributed by atoms with Crippen LogP contribution in [0.1, 0.15) is 44.6 Å². The second kappa shape index (κ2) is 5.86. The Hall–Kier alpha value is -1.51. The average molecular weight is 272 g/mol. The Kier molecular flexibility index (Phi) is 3.95. The first kappa shape index (κ1) is 13.5. The molecule has 1 aromatic carbocycles. The highest BCUT2D eigenvalue weighted by atomic mass is 16.2. The van der Waals surface area contributed by atoms with Crippen molar-refractivity contribution in [1.82, 2.24) is 4.90 Å². The van der Waals surface area contributed by atoms with E-state index in [0.29, 0.717) is 11.9 Å². The number of likely N-dealkylation sites (tertiary alicyclic amines) is 1. The van der Waals surface area contributed by atoms with Crippen LogP contribution in [0, 0.1) is 0 Å². The third-order valence-electron chi connectivity index (χ3n) is 4.70. The van der Waals surface area contributed by atoms with Gasteiger partial charge in [-0.05, 0) is 30.9 Å². The van der Waals surface area contributed by atoms with Crippen molar-refractivity contribution >= 4 is 11.6 Å². The van der Waals surface area contributed by atoms with Crippen LogP contribution in [0.3, 0.4) is 0 Å². The first-order chi connectivity index (χ1) is 9.79. The van der Waals surface area contributed by atoms with E-state index in [1.807, 2.05) is 12.1 Å². The number of hydrogen-bond donors (Lipinski definition) is 1. The van der Waals surface area contributed by atoms with Crippen LogP contribution in [0.4, 0.5) is 5.69 Å². The molecule has 108 valence electrons. The Bertz CT molecular complexity index is 461. The molecule has 3 rings (SSSR count). The van der Waals surface area contributed by atoms with Crippen molar-refractivity contribution in [2.75, 3.05) is 11.9 Å². The third-order valence-corrected chi connectivity index (χ3v) is 4.70. The molecule has 2 heterocycles. The Labute approximate surface area is 121 Å². The summed E-state index contributed by atoms with van der Waals surface area (Å²) < 4.78 is 0. The molecule has 0 aromatic heterocycles. The van der Waals surface area contributed by atoms with Gasteiger partial charge >= 0.3 is 0 Å². The minimum absolute atomic E-state index is 0.0560. The molecule has 1 N–H and O–H groups in total. The Morgan fingerprint density at radius 3 is 2.95 bits per heavy atom. The average Bonchev–Trinajstić information content (AvgIpc) is 2.77. The largest absolute Gasteiger partial charge is 0.373 e. The highest BCUT2D eigenvalue weighted by Crippen LogP contribution is 2.28. The number of fused-ring (bicyclic) bond motifs is 1. The van der Waals surface area contributed by atoms with Gasteiger partial charge in [-0.15, -0.1) is 0 Å². The van der Waals surface area contributed by atoms with Gasteiger partial charge in [-0.25, -0.2) is 0 Å². The van der Waals surface area contributed by atoms with Gasteiger partial charge in [0.05, 0.1) is 0 Å². The van der Waals surface area contributed by atoms with Gasteiger partial charge in [0.25, 0.3) is 0 Å². The van der Waals surface area contributed by atoms with Crippen molar-refractivity contribution < 1.29 is 4.79 Å². The molecule has 0 spiro atoms. The van der Waals surface area contributed by atoms with Crippen LogP contribution in [0.15, 0.2) is 24.3 Å². The highest BCUT2D eigenvalue weighted by Gasteiger charge is 2.33. The zero-order valence-electron chi connectivity index (χ0n) is 12.3. The van der Waals surface area contributed by atoms with E-state index in [-0.39, 0.29) is 6.04 Å². The molecular formula is C17H24N2O. The lowest BCUT2D eigenvalue weighted by Crippen LogP contribution is -2.47. The fraction of sp³-hybridized carbons (Fsp3) is 0.588. The second-order valence-corrected chi connectivity index (χ2v) is 6.00. The van der Waals surface area contributed by atoms with E-state index in [9.17, 15) is 4.79 Å². The van der Waals surface area contributed by atoms with Crippen LogP contribution < -0.4 is 5.32 Å². The maximum absolute atomic E-state index is 12.9. The minimum atomic E-state index is -0.0560. The summed E-state index contributed by atoms with van der Waals surface area (Å²) in [5, 5.41) is 3.41. The molecule has 1 saturated heterocycles. The number of hydrogen-bond acceptors (Lipinski definition) is 2. The topological polar surface area (TPSA) is 32.3 Å². The lowest BCUT2D eigenvalue weighted by atomic mass is 10.1. The van der Waals surface area contributed by atoms with Gasteiger partial charge in [0.1, 0.15) is 6.04 Å². The van der Waals surface area contributed by atoms with Gasteiger partial charge in [-0.3, -0.25) is 4.79 Å². The molecule has 1 aromatic rings. The molecule has 1 unspecified atom stereocenters. The highest BCUT2D eigenvalue weighted by molar-refractivity contribution is 5.87. The van der Waals surface area contributed by atoms with Crippen molar-refractivity contribution in [2.24, 2.45) is 0 Å². The lowest BCUT2D eigenvalue weighted by Gasteiger charge is -2.31. The van der Waals surface area contributed by atoms with E-state index in [1.54, 1.807) is 0 Å². The van der Waals surface area contributed by atoms with Crippen molar-refractivity contribution in [3.63, 3.8) is 0 Å². The van der Waals surface area contributed by atoms with Crippen LogP contribution in [-0.2, 0) is 11.2 Å². The van der Waals surface area contributed by atoms with E-state index in [2.05, 4.69) is 29.3 Å². The van der Waals surface area contributed by atoms with E-state index in [1.165, 1.54) is 24.8 Å². The number of carbonyl (C=O) groups is 1. The Morgan fingerprint density at radius 1 is 1.30 bits per heavy atom. The first-order valence-electron chi connectivity index (χ1n) is 7.94. The van der Waals surface area contributed by atoms with Crippen LogP contribution >= 0.6 is 0 Å². The number of nitrogens with zero attached hydrogens (tertiary/aromatic N) is 1. The number of anilines is 1. The van der Waals surface area contributed by atoms with Crippen LogP contribution in [0.2, 0.25) is 0 Å². The first-order valence-corrected chi connectivity index (χ1v) is 7.94. The predicted molar refractivity (Wildman–Crippen MR) is 81.8 cm³/mol. The maximum atomic E-state index is 12.9. The molecule has 2 aliphatic rings. The van der Waals surface area contributed by atoms with Gasteiger partial charge in [0.2, 0.25) is 5.91 Å². The standard InChI is InChI=1S/C17H24N2O/c1-2-14-9-4-3-7-11-19(14)17(20)16-12-13-8-5-6-10-15(13)18-16/h5-6,8,10,14,16,18H,2-4,7,9,11-12H2,1H3/t14?,16-/m0/s1. The van der Waals surface area contributed by atoms with Crippen LogP contribution in [0.5, 0.6) is 0 Å². The van der Waals surface area contributed by atoms with Crippen molar-refractivity contribution in [2.45, 2.75) is 57.5 Å². The molecule has 3 nitrogen and oxygen atoms in total. The fourth-order valence-electron chi connectivity index (χ4n) is 3.54. The number of rotatable bonds is 2. The minimum Gasteiger partial charge on any atom is -0.373 e. The number of nitrogens with one attached hydrogen (secondary N) is 1. The zero-order chi connectivity index (χ0) is 13.9. The summed E-state index contributed by atoms with van der Waals surface area (Å²) in [6.07, 6.45) is 6.76. The summed E-state index contributed by atoms with van der Waals surface area (Å²) >= 11 is 0. The summed E-state index contributed by atoms with van der Waals surface area (Å²) in [6.45, 7) is 3.14. The van der Waals surface area contributed by atoms with Gasteiger partial charge in [-0.2, -0.15) is 0 Å². The van der Waals surface area contributed by atoms with E-state index >= 15 is 0 Å². The van der Waals surface area contributed by atoms with Gasteiger partial charge < -0.3 is 10.2 Å². The van der Waals surface area contributed by atoms with Crippen LogP contribution in [-0.4, -0.2) is 29.4 Å². The molecule has 3 heteroatoms. The predicted octanol–water partition coefficient (Wildman–Crippen LogP) is 3.20. The van der Waals surface area contributed by atoms with Gasteiger partial charge in [0, 0.05) is 24.7 Å². The molecule has 20 heavy (non-hydrogen) atoms. The molecule has 0 bridgehead atoms. The molecule has 1 amide bonds. The fourth-order valence-corrected chi connectivity index (χ4v) is 3.54. The van der Waals surface area contributed by atoms with E-state index in [4.69, 9.17) is 0 Å². The Balaban J connectivity index is 1.73. The van der Waals surface area contributed by atoms with Crippen molar-refractivity contribution in [1.29, 1.82) is 0 Å². The number of carbonyl (C=O) groups excluding carboxylic acids is 1. The smallest absolute Gasteiger partial charge is 0.245 e. The summed E-state index contributed by atoms with van der Waals surface area (Å²) in [4.78, 5) is 15.0. The zero-order valence-corrected chi connectivity index (χ0v) is 12.3. The molecule has 2 aliphatic heterocycles. The normalized spacial score (nSPS) is 25.8. The van der Waals surface area contributed by atoms with Crippen molar-refractivity contribution in [3.8, 4) is 0 Å². The van der Waals surface area contributed by atoms with Gasteiger partial charge in [0.15, 0.2) is 0 Å².